The second-order valence-electron chi connectivity index (χ2n) is 7.55. The van der Waals surface area contributed by atoms with Crippen LogP contribution in [0.4, 0.5) is 4.39 Å². The van der Waals surface area contributed by atoms with E-state index in [0.717, 1.165) is 5.56 Å². The normalized spacial score (nSPS) is 11.2. The van der Waals surface area contributed by atoms with Crippen molar-refractivity contribution in [3.05, 3.63) is 42.7 Å². The average Bonchev–Trinajstić information content (AvgIpc) is 3.01. The summed E-state index contributed by atoms with van der Waals surface area (Å²) < 4.78 is 15.0. The Hall–Kier alpha value is -2.68. The second-order valence-corrected chi connectivity index (χ2v) is 8.49. The quantitative estimate of drug-likeness (QED) is 0.526. The Morgan fingerprint density at radius 1 is 1.28 bits per heavy atom. The molecule has 1 heterocycles. The molecule has 0 spiro atoms. The van der Waals surface area contributed by atoms with Crippen LogP contribution in [-0.4, -0.2) is 56.4 Å². The second kappa shape index (κ2) is 9.69. The summed E-state index contributed by atoms with van der Waals surface area (Å²) in [6, 6.07) is 5.96. The number of halogens is 1. The first-order valence-electron chi connectivity index (χ1n) is 9.08. The van der Waals surface area contributed by atoms with E-state index in [2.05, 4.69) is 22.1 Å². The largest absolute Gasteiger partial charge is 0.350 e. The van der Waals surface area contributed by atoms with Crippen molar-refractivity contribution in [2.75, 3.05) is 19.3 Å². The van der Waals surface area contributed by atoms with Crippen molar-refractivity contribution in [1.29, 1.82) is 0 Å². The molecule has 0 aliphatic heterocycles. The van der Waals surface area contributed by atoms with Gasteiger partial charge in [-0.1, -0.05) is 17.8 Å². The van der Waals surface area contributed by atoms with E-state index >= 15 is 0 Å². The third kappa shape index (κ3) is 6.70. The third-order valence-corrected chi connectivity index (χ3v) is 4.73. The van der Waals surface area contributed by atoms with Gasteiger partial charge in [-0.3, -0.25) is 14.2 Å². The summed E-state index contributed by atoms with van der Waals surface area (Å²) >= 11 is 1.23. The van der Waals surface area contributed by atoms with Gasteiger partial charge in [-0.15, -0.1) is 16.8 Å². The van der Waals surface area contributed by atoms with Crippen LogP contribution in [0.5, 0.6) is 0 Å². The van der Waals surface area contributed by atoms with E-state index in [-0.39, 0.29) is 35.5 Å². The summed E-state index contributed by atoms with van der Waals surface area (Å²) in [4.78, 5) is 25.8. The highest BCUT2D eigenvalue weighted by Crippen LogP contribution is 2.24. The molecule has 0 saturated heterocycles. The van der Waals surface area contributed by atoms with Crippen LogP contribution in [0.1, 0.15) is 20.8 Å². The van der Waals surface area contributed by atoms with Crippen molar-refractivity contribution >= 4 is 23.6 Å². The highest BCUT2D eigenvalue weighted by molar-refractivity contribution is 7.99. The zero-order chi connectivity index (χ0) is 21.6. The first kappa shape index (κ1) is 22.6. The SMILES string of the molecule is C=CCn1c(SCC(=O)N(C)CC(=O)NC(C)(C)C)nnc1-c1ccc(F)cc1. The zero-order valence-electron chi connectivity index (χ0n) is 17.1. The van der Waals surface area contributed by atoms with Gasteiger partial charge in [0.2, 0.25) is 11.8 Å². The lowest BCUT2D eigenvalue weighted by Crippen LogP contribution is -2.46. The van der Waals surface area contributed by atoms with Crippen molar-refractivity contribution in [3.8, 4) is 11.4 Å². The van der Waals surface area contributed by atoms with Crippen LogP contribution in [0.3, 0.4) is 0 Å². The molecule has 0 aliphatic rings. The van der Waals surface area contributed by atoms with E-state index in [1.165, 1.54) is 28.8 Å². The van der Waals surface area contributed by atoms with Gasteiger partial charge in [0.1, 0.15) is 5.82 Å². The van der Waals surface area contributed by atoms with E-state index < -0.39 is 0 Å². The molecule has 1 N–H and O–H groups in total. The van der Waals surface area contributed by atoms with Crippen LogP contribution in [0.15, 0.2) is 42.1 Å². The number of likely N-dealkylation sites (N-methyl/N-ethyl adjacent to an activating group) is 1. The van der Waals surface area contributed by atoms with Crippen LogP contribution in [0, 0.1) is 5.82 Å². The maximum absolute atomic E-state index is 13.2. The number of aromatic nitrogens is 3. The maximum atomic E-state index is 13.2. The maximum Gasteiger partial charge on any atom is 0.240 e. The Balaban J connectivity index is 2.04. The van der Waals surface area contributed by atoms with E-state index in [9.17, 15) is 14.0 Å². The number of benzene rings is 1. The van der Waals surface area contributed by atoms with Crippen molar-refractivity contribution in [2.45, 2.75) is 38.0 Å². The smallest absolute Gasteiger partial charge is 0.240 e. The van der Waals surface area contributed by atoms with Gasteiger partial charge in [-0.25, -0.2) is 4.39 Å². The third-order valence-electron chi connectivity index (χ3n) is 3.78. The molecule has 29 heavy (non-hydrogen) atoms. The lowest BCUT2D eigenvalue weighted by atomic mass is 10.1. The Labute approximate surface area is 174 Å². The van der Waals surface area contributed by atoms with Crippen molar-refractivity contribution in [2.24, 2.45) is 0 Å². The molecule has 0 radical (unpaired) electrons. The van der Waals surface area contributed by atoms with Crippen LogP contribution >= 0.6 is 11.8 Å². The number of rotatable bonds is 8. The van der Waals surface area contributed by atoms with Gasteiger partial charge in [0.25, 0.3) is 0 Å². The molecule has 2 amide bonds. The minimum atomic E-state index is -0.354. The number of hydrogen-bond acceptors (Lipinski definition) is 5. The molecule has 2 aromatic rings. The first-order chi connectivity index (χ1) is 13.6. The molecule has 9 heteroatoms. The predicted molar refractivity (Wildman–Crippen MR) is 112 cm³/mol. The Kier molecular flexibility index (Phi) is 7.55. The molecule has 7 nitrogen and oxygen atoms in total. The standard InChI is InChI=1S/C20H26FN5O2S/c1-6-11-26-18(14-7-9-15(21)10-8-14)23-24-19(26)29-13-17(28)25(5)12-16(27)22-20(2,3)4/h6-10H,1,11-13H2,2-5H3,(H,22,27). The fourth-order valence-corrected chi connectivity index (χ4v) is 3.39. The lowest BCUT2D eigenvalue weighted by molar-refractivity contribution is -0.133. The average molecular weight is 420 g/mol. The summed E-state index contributed by atoms with van der Waals surface area (Å²) in [5.41, 5.74) is 0.364. The van der Waals surface area contributed by atoms with Gasteiger partial charge >= 0.3 is 0 Å². The van der Waals surface area contributed by atoms with Crippen LogP contribution in [0.2, 0.25) is 0 Å². The Morgan fingerprint density at radius 2 is 1.93 bits per heavy atom. The molecule has 1 aromatic heterocycles. The molecule has 0 aliphatic carbocycles. The topological polar surface area (TPSA) is 80.1 Å². The van der Waals surface area contributed by atoms with E-state index in [4.69, 9.17) is 0 Å². The van der Waals surface area contributed by atoms with Gasteiger partial charge in [0, 0.05) is 24.7 Å². The molecule has 0 unspecified atom stereocenters. The number of nitrogens with one attached hydrogen (secondary N) is 1. The zero-order valence-corrected chi connectivity index (χ0v) is 17.9. The van der Waals surface area contributed by atoms with Crippen LogP contribution < -0.4 is 5.32 Å². The molecule has 2 rings (SSSR count). The van der Waals surface area contributed by atoms with Gasteiger partial charge in [0.15, 0.2) is 11.0 Å². The fourth-order valence-electron chi connectivity index (χ4n) is 2.50. The molecule has 0 fully saturated rings. The minimum absolute atomic E-state index is 0.0170. The van der Waals surface area contributed by atoms with Crippen LogP contribution in [0.25, 0.3) is 11.4 Å². The number of thioether (sulfide) groups is 1. The molecule has 0 atom stereocenters. The predicted octanol–water partition coefficient (Wildman–Crippen LogP) is 2.74. The summed E-state index contributed by atoms with van der Waals surface area (Å²) in [7, 11) is 1.59. The van der Waals surface area contributed by atoms with Crippen molar-refractivity contribution < 1.29 is 14.0 Å². The minimum Gasteiger partial charge on any atom is -0.350 e. The molecular formula is C20H26FN5O2S. The number of amides is 2. The number of allylic oxidation sites excluding steroid dienone is 1. The Morgan fingerprint density at radius 3 is 2.52 bits per heavy atom. The van der Waals surface area contributed by atoms with E-state index in [1.54, 1.807) is 25.3 Å². The summed E-state index contributed by atoms with van der Waals surface area (Å²) in [5, 5.41) is 11.7. The van der Waals surface area contributed by atoms with E-state index in [0.29, 0.717) is 17.5 Å². The molecular weight excluding hydrogens is 393 g/mol. The lowest BCUT2D eigenvalue weighted by Gasteiger charge is -2.23. The molecule has 0 bridgehead atoms. The fraction of sp³-hybridized carbons (Fsp3) is 0.400. The highest BCUT2D eigenvalue weighted by atomic mass is 32.2. The number of carbonyl (C=O) groups excluding carboxylic acids is 2. The molecule has 0 saturated carbocycles. The van der Waals surface area contributed by atoms with Gasteiger partial charge in [0.05, 0.1) is 12.3 Å². The molecule has 1 aromatic carbocycles. The van der Waals surface area contributed by atoms with Gasteiger partial charge < -0.3 is 10.2 Å². The molecule has 156 valence electrons. The summed E-state index contributed by atoms with van der Waals surface area (Å²) in [6.45, 7) is 9.82. The van der Waals surface area contributed by atoms with Gasteiger partial charge in [-0.2, -0.15) is 0 Å². The van der Waals surface area contributed by atoms with E-state index in [1.807, 2.05) is 25.3 Å². The first-order valence-corrected chi connectivity index (χ1v) is 10.1. The van der Waals surface area contributed by atoms with Gasteiger partial charge in [-0.05, 0) is 45.0 Å². The van der Waals surface area contributed by atoms with Crippen molar-refractivity contribution in [3.63, 3.8) is 0 Å². The number of carbonyl (C=O) groups is 2. The summed E-state index contributed by atoms with van der Waals surface area (Å²) in [6.07, 6.45) is 1.70. The number of hydrogen-bond donors (Lipinski definition) is 1. The number of nitrogens with zero attached hydrogens (tertiary/aromatic N) is 4. The van der Waals surface area contributed by atoms with Crippen LogP contribution in [-0.2, 0) is 16.1 Å². The Bertz CT molecular complexity index is 874. The summed E-state index contributed by atoms with van der Waals surface area (Å²) in [5.74, 6) is -0.0693. The monoisotopic (exact) mass is 419 g/mol. The highest BCUT2D eigenvalue weighted by Gasteiger charge is 2.19. The van der Waals surface area contributed by atoms with Crippen molar-refractivity contribution in [1.82, 2.24) is 25.0 Å².